The molecule has 92 valence electrons. The number of ether oxygens (including phenoxy) is 1. The lowest BCUT2D eigenvalue weighted by Crippen LogP contribution is -2.13. The predicted molar refractivity (Wildman–Crippen MR) is 66.7 cm³/mol. The lowest BCUT2D eigenvalue weighted by Gasteiger charge is -2.08. The molecule has 0 bridgehead atoms. The Morgan fingerprint density at radius 2 is 1.94 bits per heavy atom. The van der Waals surface area contributed by atoms with Crippen LogP contribution in [0.5, 0.6) is 0 Å². The molecule has 0 saturated heterocycles. The van der Waals surface area contributed by atoms with Gasteiger partial charge in [-0.3, -0.25) is 0 Å². The van der Waals surface area contributed by atoms with Crippen LogP contribution in [0.15, 0.2) is 24.3 Å². The first-order valence-corrected chi connectivity index (χ1v) is 5.71. The number of carbonyl (C=O) groups is 2. The molecule has 17 heavy (non-hydrogen) atoms. The summed E-state index contributed by atoms with van der Waals surface area (Å²) in [5, 5.41) is 9.04. The van der Waals surface area contributed by atoms with Gasteiger partial charge in [0.1, 0.15) is 0 Å². The summed E-state index contributed by atoms with van der Waals surface area (Å²) in [7, 11) is 0. The summed E-state index contributed by atoms with van der Waals surface area (Å²) in [5.41, 5.74) is 0.0308. The van der Waals surface area contributed by atoms with Gasteiger partial charge in [-0.25, -0.2) is 9.59 Å². The molecule has 5 heteroatoms. The molecule has 0 fully saturated rings. The highest BCUT2D eigenvalue weighted by molar-refractivity contribution is 7.80. The average molecular weight is 254 g/mol. The SMILES string of the molecule is CC(S)CCOC(=O)c1ccccc1C(=O)O. The second-order valence-corrected chi connectivity index (χ2v) is 4.51. The molecule has 1 N–H and O–H groups in total. The summed E-state index contributed by atoms with van der Waals surface area (Å²) in [6.45, 7) is 2.12. The number of benzene rings is 1. The average Bonchev–Trinajstić information content (AvgIpc) is 2.28. The minimum absolute atomic E-state index is 0.0450. The number of hydrogen-bond donors (Lipinski definition) is 2. The molecule has 1 atom stereocenters. The van der Waals surface area contributed by atoms with E-state index in [2.05, 4.69) is 12.6 Å². The lowest BCUT2D eigenvalue weighted by atomic mass is 10.1. The molecule has 1 aromatic carbocycles. The lowest BCUT2D eigenvalue weighted by molar-refractivity contribution is 0.0491. The van der Waals surface area contributed by atoms with Crippen LogP contribution < -0.4 is 0 Å². The second-order valence-electron chi connectivity index (χ2n) is 3.62. The van der Waals surface area contributed by atoms with E-state index < -0.39 is 11.9 Å². The fourth-order valence-corrected chi connectivity index (χ4v) is 1.35. The maximum Gasteiger partial charge on any atom is 0.339 e. The molecule has 0 aliphatic heterocycles. The maximum absolute atomic E-state index is 11.6. The van der Waals surface area contributed by atoms with Gasteiger partial charge in [0.2, 0.25) is 0 Å². The fourth-order valence-electron chi connectivity index (χ4n) is 1.25. The zero-order chi connectivity index (χ0) is 12.8. The summed E-state index contributed by atoms with van der Waals surface area (Å²) in [6, 6.07) is 5.98. The van der Waals surface area contributed by atoms with Crippen LogP contribution >= 0.6 is 12.6 Å². The van der Waals surface area contributed by atoms with E-state index >= 15 is 0 Å². The number of carbonyl (C=O) groups excluding carboxylic acids is 1. The van der Waals surface area contributed by atoms with Gasteiger partial charge in [-0.2, -0.15) is 12.6 Å². The van der Waals surface area contributed by atoms with E-state index in [0.29, 0.717) is 6.42 Å². The molecule has 4 nitrogen and oxygen atoms in total. The van der Waals surface area contributed by atoms with Crippen molar-refractivity contribution in [1.82, 2.24) is 0 Å². The van der Waals surface area contributed by atoms with Crippen molar-refractivity contribution in [1.29, 1.82) is 0 Å². The number of hydrogen-bond acceptors (Lipinski definition) is 4. The Hall–Kier alpha value is -1.49. The molecule has 0 radical (unpaired) electrons. The van der Waals surface area contributed by atoms with Gasteiger partial charge < -0.3 is 9.84 Å². The van der Waals surface area contributed by atoms with Gasteiger partial charge in [0, 0.05) is 5.25 Å². The van der Waals surface area contributed by atoms with Crippen LogP contribution in [0.3, 0.4) is 0 Å². The van der Waals surface area contributed by atoms with Crippen molar-refractivity contribution in [3.05, 3.63) is 35.4 Å². The first-order valence-electron chi connectivity index (χ1n) is 5.20. The van der Waals surface area contributed by atoms with Gasteiger partial charge >= 0.3 is 11.9 Å². The van der Waals surface area contributed by atoms with Gasteiger partial charge in [-0.15, -0.1) is 0 Å². The summed E-state index contributed by atoms with van der Waals surface area (Å²) >= 11 is 4.16. The zero-order valence-corrected chi connectivity index (χ0v) is 10.3. The Balaban J connectivity index is 2.72. The van der Waals surface area contributed by atoms with Gasteiger partial charge in [0.25, 0.3) is 0 Å². The number of esters is 1. The molecular formula is C12H14O4S. The third-order valence-corrected chi connectivity index (χ3v) is 2.40. The van der Waals surface area contributed by atoms with E-state index in [0.717, 1.165) is 0 Å². The smallest absolute Gasteiger partial charge is 0.339 e. The van der Waals surface area contributed by atoms with Crippen molar-refractivity contribution < 1.29 is 19.4 Å². The number of thiol groups is 1. The highest BCUT2D eigenvalue weighted by atomic mass is 32.1. The van der Waals surface area contributed by atoms with Crippen LogP contribution in [0, 0.1) is 0 Å². The maximum atomic E-state index is 11.6. The fraction of sp³-hybridized carbons (Fsp3) is 0.333. The summed E-state index contributed by atoms with van der Waals surface area (Å²) in [4.78, 5) is 22.5. The van der Waals surface area contributed by atoms with Crippen molar-refractivity contribution in [3.63, 3.8) is 0 Å². The van der Waals surface area contributed by atoms with Crippen LogP contribution in [0.1, 0.15) is 34.1 Å². The molecule has 0 saturated carbocycles. The molecule has 1 aromatic rings. The van der Waals surface area contributed by atoms with Crippen LogP contribution in [0.4, 0.5) is 0 Å². The predicted octanol–water partition coefficient (Wildman–Crippen LogP) is 2.25. The Bertz CT molecular complexity index is 415. The van der Waals surface area contributed by atoms with E-state index in [4.69, 9.17) is 9.84 Å². The number of carboxylic acids is 1. The molecular weight excluding hydrogens is 240 g/mol. The van der Waals surface area contributed by atoms with Gasteiger partial charge in [0.15, 0.2) is 0 Å². The first-order chi connectivity index (χ1) is 8.02. The molecule has 0 aromatic heterocycles. The normalized spacial score (nSPS) is 11.9. The molecule has 0 aliphatic carbocycles. The van der Waals surface area contributed by atoms with Gasteiger partial charge in [-0.05, 0) is 18.6 Å². The molecule has 0 amide bonds. The van der Waals surface area contributed by atoms with Crippen LogP contribution in [-0.2, 0) is 4.74 Å². The molecule has 1 rings (SSSR count). The monoisotopic (exact) mass is 254 g/mol. The summed E-state index contributed by atoms with van der Waals surface area (Å²) in [6.07, 6.45) is 0.629. The third-order valence-electron chi connectivity index (χ3n) is 2.15. The minimum atomic E-state index is -1.14. The molecule has 0 aliphatic rings. The highest BCUT2D eigenvalue weighted by Gasteiger charge is 2.16. The standard InChI is InChI=1S/C12H14O4S/c1-8(17)6-7-16-12(15)10-5-3-2-4-9(10)11(13)14/h2-5,8,17H,6-7H2,1H3,(H,13,14). The molecule has 1 unspecified atom stereocenters. The van der Waals surface area contributed by atoms with Crippen molar-refractivity contribution in [3.8, 4) is 0 Å². The van der Waals surface area contributed by atoms with Crippen molar-refractivity contribution >= 4 is 24.6 Å². The van der Waals surface area contributed by atoms with E-state index in [9.17, 15) is 9.59 Å². The highest BCUT2D eigenvalue weighted by Crippen LogP contribution is 2.11. The van der Waals surface area contributed by atoms with Crippen LogP contribution in [0.2, 0.25) is 0 Å². The van der Waals surface area contributed by atoms with Crippen LogP contribution in [0.25, 0.3) is 0 Å². The number of rotatable bonds is 5. The van der Waals surface area contributed by atoms with Crippen molar-refractivity contribution in [2.45, 2.75) is 18.6 Å². The minimum Gasteiger partial charge on any atom is -0.478 e. The quantitative estimate of drug-likeness (QED) is 0.625. The molecule has 0 heterocycles. The zero-order valence-electron chi connectivity index (χ0n) is 9.42. The van der Waals surface area contributed by atoms with Gasteiger partial charge in [0.05, 0.1) is 17.7 Å². The van der Waals surface area contributed by atoms with E-state index in [1.165, 1.54) is 12.1 Å². The molecule has 0 spiro atoms. The number of carboxylic acid groups (broad SMARTS) is 1. The first kappa shape index (κ1) is 13.6. The summed E-state index contributed by atoms with van der Waals surface area (Å²) in [5.74, 6) is -1.75. The Morgan fingerprint density at radius 3 is 2.47 bits per heavy atom. The summed E-state index contributed by atoms with van der Waals surface area (Å²) < 4.78 is 4.98. The topological polar surface area (TPSA) is 63.6 Å². The van der Waals surface area contributed by atoms with Crippen molar-refractivity contribution in [2.75, 3.05) is 6.61 Å². The van der Waals surface area contributed by atoms with Gasteiger partial charge in [-0.1, -0.05) is 19.1 Å². The number of aromatic carboxylic acids is 1. The second kappa shape index (κ2) is 6.30. The van der Waals surface area contributed by atoms with Crippen LogP contribution in [-0.4, -0.2) is 28.9 Å². The largest absolute Gasteiger partial charge is 0.478 e. The van der Waals surface area contributed by atoms with E-state index in [1.54, 1.807) is 12.1 Å². The third kappa shape index (κ3) is 4.11. The van der Waals surface area contributed by atoms with E-state index in [1.807, 2.05) is 6.92 Å². The van der Waals surface area contributed by atoms with E-state index in [-0.39, 0.29) is 23.0 Å². The Morgan fingerprint density at radius 1 is 1.35 bits per heavy atom. The Kier molecular flexibility index (Phi) is 5.03. The van der Waals surface area contributed by atoms with Crippen molar-refractivity contribution in [2.24, 2.45) is 0 Å². The Labute approximate surface area is 105 Å².